The first-order valence-electron chi connectivity index (χ1n) is 9.74. The number of hydrogen-bond donors (Lipinski definition) is 2. The van der Waals surface area contributed by atoms with Crippen molar-refractivity contribution in [3.8, 4) is 11.5 Å². The van der Waals surface area contributed by atoms with Gasteiger partial charge in [-0.3, -0.25) is 0 Å². The van der Waals surface area contributed by atoms with Crippen molar-refractivity contribution in [3.05, 3.63) is 35.4 Å². The summed E-state index contributed by atoms with van der Waals surface area (Å²) in [7, 11) is 5.22. The Labute approximate surface area is 172 Å². The molecular weight excluding hydrogens is 372 g/mol. The maximum Gasteiger partial charge on any atom is 0.191 e. The second-order valence-electron chi connectivity index (χ2n) is 6.40. The molecule has 0 amide bonds. The number of methoxy groups -OCH3 is 2. The van der Waals surface area contributed by atoms with Gasteiger partial charge in [-0.05, 0) is 32.4 Å². The van der Waals surface area contributed by atoms with E-state index >= 15 is 0 Å². The highest BCUT2D eigenvalue weighted by atomic mass is 16.5. The van der Waals surface area contributed by atoms with Crippen LogP contribution in [0.25, 0.3) is 0 Å². The minimum atomic E-state index is 0.464. The molecule has 0 saturated carbocycles. The van der Waals surface area contributed by atoms with Gasteiger partial charge in [-0.2, -0.15) is 0 Å². The fraction of sp³-hybridized carbons (Fsp3) is 0.550. The molecule has 1 aromatic carbocycles. The van der Waals surface area contributed by atoms with Crippen molar-refractivity contribution in [1.82, 2.24) is 25.4 Å². The number of benzene rings is 1. The van der Waals surface area contributed by atoms with Crippen molar-refractivity contribution in [2.24, 2.45) is 12.0 Å². The van der Waals surface area contributed by atoms with Gasteiger partial charge in [0.1, 0.15) is 17.3 Å². The van der Waals surface area contributed by atoms with Gasteiger partial charge in [-0.15, -0.1) is 10.2 Å². The molecule has 2 rings (SSSR count). The summed E-state index contributed by atoms with van der Waals surface area (Å²) in [4.78, 5) is 4.70. The van der Waals surface area contributed by atoms with Crippen molar-refractivity contribution in [3.63, 3.8) is 0 Å². The largest absolute Gasteiger partial charge is 0.497 e. The second kappa shape index (κ2) is 11.9. The molecule has 0 bridgehead atoms. The van der Waals surface area contributed by atoms with E-state index in [1.54, 1.807) is 14.2 Å². The Balaban J connectivity index is 2.05. The Morgan fingerprint density at radius 2 is 2.00 bits per heavy atom. The van der Waals surface area contributed by atoms with Crippen molar-refractivity contribution in [1.29, 1.82) is 0 Å². The van der Waals surface area contributed by atoms with E-state index in [-0.39, 0.29) is 0 Å². The zero-order chi connectivity index (χ0) is 21.1. The quantitative estimate of drug-likeness (QED) is 0.335. The molecule has 0 spiro atoms. The van der Waals surface area contributed by atoms with Crippen LogP contribution in [0.1, 0.15) is 30.6 Å². The number of aryl methyl sites for hydroxylation is 1. The molecule has 29 heavy (non-hydrogen) atoms. The van der Waals surface area contributed by atoms with E-state index in [4.69, 9.17) is 19.2 Å². The zero-order valence-corrected chi connectivity index (χ0v) is 18.0. The summed E-state index contributed by atoms with van der Waals surface area (Å²) < 4.78 is 18.1. The summed E-state index contributed by atoms with van der Waals surface area (Å²) in [5.74, 6) is 3.90. The third-order valence-electron chi connectivity index (χ3n) is 4.46. The lowest BCUT2D eigenvalue weighted by molar-refractivity contribution is 0.145. The van der Waals surface area contributed by atoms with E-state index < -0.39 is 0 Å². The van der Waals surface area contributed by atoms with Crippen LogP contribution in [0.4, 0.5) is 0 Å². The number of aliphatic imine (C=N–C) groups is 1. The van der Waals surface area contributed by atoms with Crippen molar-refractivity contribution in [2.45, 2.75) is 33.4 Å². The van der Waals surface area contributed by atoms with Crippen LogP contribution in [-0.4, -0.2) is 54.7 Å². The van der Waals surface area contributed by atoms with Gasteiger partial charge < -0.3 is 29.4 Å². The number of aromatic nitrogens is 3. The molecule has 0 atom stereocenters. The van der Waals surface area contributed by atoms with E-state index in [2.05, 4.69) is 20.8 Å². The summed E-state index contributed by atoms with van der Waals surface area (Å²) >= 11 is 0. The van der Waals surface area contributed by atoms with Crippen LogP contribution in [0.2, 0.25) is 0 Å². The van der Waals surface area contributed by atoms with Gasteiger partial charge in [-0.1, -0.05) is 0 Å². The van der Waals surface area contributed by atoms with Crippen molar-refractivity contribution in [2.75, 3.05) is 34.0 Å². The molecule has 1 heterocycles. The fourth-order valence-corrected chi connectivity index (χ4v) is 2.61. The SMILES string of the molecule is CCOCCCNC(=NCc1ccc(OC)cc1OC)NCc1nnc(C)n1C. The first-order chi connectivity index (χ1) is 14.1. The van der Waals surface area contributed by atoms with E-state index in [1.807, 2.05) is 43.7 Å². The summed E-state index contributed by atoms with van der Waals surface area (Å²) in [6.07, 6.45) is 0.892. The average Bonchev–Trinajstić information content (AvgIpc) is 3.06. The Hall–Kier alpha value is -2.81. The molecule has 1 aromatic heterocycles. The minimum Gasteiger partial charge on any atom is -0.497 e. The number of nitrogens with one attached hydrogen (secondary N) is 2. The Morgan fingerprint density at radius 3 is 2.66 bits per heavy atom. The highest BCUT2D eigenvalue weighted by molar-refractivity contribution is 5.79. The van der Waals surface area contributed by atoms with Gasteiger partial charge in [0.2, 0.25) is 0 Å². The standard InChI is InChI=1S/C20H32N6O3/c1-6-29-11-7-10-21-20(23-14-19-25-24-15(2)26(19)3)22-13-16-8-9-17(27-4)12-18(16)28-5/h8-9,12H,6-7,10-11,13-14H2,1-5H3,(H2,21,22,23). The summed E-state index contributed by atoms with van der Waals surface area (Å²) in [5, 5.41) is 14.9. The number of hydrogen-bond acceptors (Lipinski definition) is 6. The zero-order valence-electron chi connectivity index (χ0n) is 18.0. The average molecular weight is 405 g/mol. The number of guanidine groups is 1. The number of nitrogens with zero attached hydrogens (tertiary/aromatic N) is 4. The van der Waals surface area contributed by atoms with Crippen LogP contribution in [0.5, 0.6) is 11.5 Å². The summed E-state index contributed by atoms with van der Waals surface area (Å²) in [6, 6.07) is 5.72. The molecule has 0 aliphatic rings. The highest BCUT2D eigenvalue weighted by Gasteiger charge is 2.08. The van der Waals surface area contributed by atoms with Gasteiger partial charge in [0, 0.05) is 38.4 Å². The molecular formula is C20H32N6O3. The normalized spacial score (nSPS) is 11.4. The molecule has 9 heteroatoms. The molecule has 9 nitrogen and oxygen atoms in total. The van der Waals surface area contributed by atoms with Crippen LogP contribution >= 0.6 is 0 Å². The predicted octanol–water partition coefficient (Wildman–Crippen LogP) is 1.80. The van der Waals surface area contributed by atoms with E-state index in [9.17, 15) is 0 Å². The van der Waals surface area contributed by atoms with E-state index in [0.717, 1.165) is 48.3 Å². The molecule has 0 unspecified atom stereocenters. The fourth-order valence-electron chi connectivity index (χ4n) is 2.61. The number of ether oxygens (including phenoxy) is 3. The van der Waals surface area contributed by atoms with Gasteiger partial charge >= 0.3 is 0 Å². The van der Waals surface area contributed by atoms with Gasteiger partial charge in [0.15, 0.2) is 11.8 Å². The van der Waals surface area contributed by atoms with Gasteiger partial charge in [-0.25, -0.2) is 4.99 Å². The molecule has 2 aromatic rings. The lowest BCUT2D eigenvalue weighted by Gasteiger charge is -2.14. The third-order valence-corrected chi connectivity index (χ3v) is 4.46. The van der Waals surface area contributed by atoms with Crippen LogP contribution in [0.3, 0.4) is 0 Å². The highest BCUT2D eigenvalue weighted by Crippen LogP contribution is 2.25. The summed E-state index contributed by atoms with van der Waals surface area (Å²) in [6.45, 7) is 7.09. The molecule has 0 saturated heterocycles. The second-order valence-corrected chi connectivity index (χ2v) is 6.40. The smallest absolute Gasteiger partial charge is 0.191 e. The Bertz CT molecular complexity index is 791. The lowest BCUT2D eigenvalue weighted by atomic mass is 10.2. The molecule has 2 N–H and O–H groups in total. The summed E-state index contributed by atoms with van der Waals surface area (Å²) in [5.41, 5.74) is 0.971. The van der Waals surface area contributed by atoms with Crippen LogP contribution in [-0.2, 0) is 24.9 Å². The van der Waals surface area contributed by atoms with Gasteiger partial charge in [0.05, 0.1) is 27.3 Å². The predicted molar refractivity (Wildman–Crippen MR) is 112 cm³/mol. The minimum absolute atomic E-state index is 0.464. The lowest BCUT2D eigenvalue weighted by Crippen LogP contribution is -2.38. The van der Waals surface area contributed by atoms with Crippen LogP contribution in [0.15, 0.2) is 23.2 Å². The first kappa shape index (κ1) is 22.5. The molecule has 0 aliphatic heterocycles. The molecule has 0 aliphatic carbocycles. The monoisotopic (exact) mass is 404 g/mol. The maximum atomic E-state index is 5.47. The Kier molecular flexibility index (Phi) is 9.23. The molecule has 0 radical (unpaired) electrons. The van der Waals surface area contributed by atoms with E-state index in [0.29, 0.717) is 25.7 Å². The van der Waals surface area contributed by atoms with Gasteiger partial charge in [0.25, 0.3) is 0 Å². The van der Waals surface area contributed by atoms with Crippen molar-refractivity contribution >= 4 is 5.96 Å². The third kappa shape index (κ3) is 6.94. The first-order valence-corrected chi connectivity index (χ1v) is 9.74. The van der Waals surface area contributed by atoms with E-state index in [1.165, 1.54) is 0 Å². The van der Waals surface area contributed by atoms with Crippen molar-refractivity contribution < 1.29 is 14.2 Å². The van der Waals surface area contributed by atoms with Crippen LogP contribution in [0, 0.1) is 6.92 Å². The molecule has 160 valence electrons. The number of rotatable bonds is 11. The van der Waals surface area contributed by atoms with Crippen LogP contribution < -0.4 is 20.1 Å². The maximum absolute atomic E-state index is 5.47. The topological polar surface area (TPSA) is 94.8 Å². The Morgan fingerprint density at radius 1 is 1.17 bits per heavy atom. The molecule has 0 fully saturated rings.